The van der Waals surface area contributed by atoms with Gasteiger partial charge in [-0.3, -0.25) is 4.79 Å². The van der Waals surface area contributed by atoms with Gasteiger partial charge in [0, 0.05) is 11.8 Å². The van der Waals surface area contributed by atoms with E-state index in [0.29, 0.717) is 5.69 Å². The maximum atomic E-state index is 11.7. The van der Waals surface area contributed by atoms with Gasteiger partial charge < -0.3 is 20.5 Å². The van der Waals surface area contributed by atoms with Crippen molar-refractivity contribution in [1.29, 1.82) is 0 Å². The molecule has 6 heteroatoms. The van der Waals surface area contributed by atoms with Gasteiger partial charge in [0.05, 0.1) is 13.7 Å². The number of carbonyl (C=O) groups is 2. The highest BCUT2D eigenvalue weighted by molar-refractivity contribution is 5.95. The third-order valence-corrected chi connectivity index (χ3v) is 3.13. The second-order valence-corrected chi connectivity index (χ2v) is 4.84. The molecule has 0 unspecified atom stereocenters. The summed E-state index contributed by atoms with van der Waals surface area (Å²) in [5.74, 6) is -0.277. The van der Waals surface area contributed by atoms with Crippen molar-refractivity contribution < 1.29 is 19.4 Å². The molecule has 1 aromatic carbocycles. The van der Waals surface area contributed by atoms with E-state index in [-0.39, 0.29) is 23.8 Å². The van der Waals surface area contributed by atoms with Crippen LogP contribution in [0.2, 0.25) is 0 Å². The van der Waals surface area contributed by atoms with Crippen LogP contribution in [0.5, 0.6) is 5.75 Å². The predicted molar refractivity (Wildman–Crippen MR) is 74.2 cm³/mol. The molecule has 1 fully saturated rings. The van der Waals surface area contributed by atoms with Crippen LogP contribution in [0, 0.1) is 5.92 Å². The van der Waals surface area contributed by atoms with Gasteiger partial charge in [-0.05, 0) is 37.4 Å². The minimum absolute atomic E-state index is 0.0670. The quantitative estimate of drug-likeness (QED) is 0.700. The van der Waals surface area contributed by atoms with E-state index in [1.165, 1.54) is 32.1 Å². The number of methoxy groups -OCH3 is 1. The Morgan fingerprint density at radius 2 is 2.15 bits per heavy atom. The molecule has 0 radical (unpaired) electrons. The number of hydrogen-bond acceptors (Lipinski definition) is 4. The molecule has 108 valence electrons. The third-order valence-electron chi connectivity index (χ3n) is 3.13. The van der Waals surface area contributed by atoms with E-state index >= 15 is 0 Å². The van der Waals surface area contributed by atoms with Gasteiger partial charge >= 0.3 is 5.97 Å². The average molecular weight is 278 g/mol. The molecule has 0 heterocycles. The minimum Gasteiger partial charge on any atom is -0.496 e. The number of amides is 1. The van der Waals surface area contributed by atoms with Gasteiger partial charge in [-0.15, -0.1) is 0 Å². The summed E-state index contributed by atoms with van der Waals surface area (Å²) < 4.78 is 5.00. The zero-order valence-corrected chi connectivity index (χ0v) is 11.3. The fourth-order valence-corrected chi connectivity index (χ4v) is 1.86. The summed E-state index contributed by atoms with van der Waals surface area (Å²) in [7, 11) is 1.39. The van der Waals surface area contributed by atoms with Gasteiger partial charge in [-0.2, -0.15) is 0 Å². The van der Waals surface area contributed by atoms with Gasteiger partial charge in [0.1, 0.15) is 11.3 Å². The van der Waals surface area contributed by atoms with E-state index < -0.39 is 5.97 Å². The van der Waals surface area contributed by atoms with Crippen LogP contribution in [0.15, 0.2) is 18.2 Å². The summed E-state index contributed by atoms with van der Waals surface area (Å²) >= 11 is 0. The molecule has 1 aromatic rings. The van der Waals surface area contributed by atoms with Crippen molar-refractivity contribution in [3.63, 3.8) is 0 Å². The van der Waals surface area contributed by atoms with Crippen LogP contribution in [0.25, 0.3) is 0 Å². The molecule has 0 aliphatic heterocycles. The Balaban J connectivity index is 1.90. The van der Waals surface area contributed by atoms with Gasteiger partial charge in [0.15, 0.2) is 0 Å². The van der Waals surface area contributed by atoms with Crippen molar-refractivity contribution in [2.45, 2.75) is 12.8 Å². The summed E-state index contributed by atoms with van der Waals surface area (Å²) in [4.78, 5) is 22.6. The zero-order chi connectivity index (χ0) is 14.5. The number of carbonyl (C=O) groups excluding carboxylic acids is 1. The fourth-order valence-electron chi connectivity index (χ4n) is 1.86. The minimum atomic E-state index is -1.06. The lowest BCUT2D eigenvalue weighted by Crippen LogP contribution is -2.29. The van der Waals surface area contributed by atoms with Crippen molar-refractivity contribution in [3.8, 4) is 5.75 Å². The molecule has 1 amide bonds. The van der Waals surface area contributed by atoms with Crippen LogP contribution < -0.4 is 15.4 Å². The molecule has 6 nitrogen and oxygen atoms in total. The van der Waals surface area contributed by atoms with Crippen LogP contribution in [0.1, 0.15) is 23.2 Å². The van der Waals surface area contributed by atoms with Crippen LogP contribution in [-0.2, 0) is 4.79 Å². The zero-order valence-electron chi connectivity index (χ0n) is 11.3. The normalized spacial score (nSPS) is 13.8. The number of nitrogens with one attached hydrogen (secondary N) is 2. The van der Waals surface area contributed by atoms with Crippen molar-refractivity contribution in [2.75, 3.05) is 25.5 Å². The highest BCUT2D eigenvalue weighted by Crippen LogP contribution is 2.27. The third kappa shape index (κ3) is 3.96. The molecule has 1 aliphatic rings. The van der Waals surface area contributed by atoms with Crippen molar-refractivity contribution in [2.24, 2.45) is 5.92 Å². The second kappa shape index (κ2) is 6.38. The molecule has 0 spiro atoms. The summed E-state index contributed by atoms with van der Waals surface area (Å²) in [6, 6.07) is 4.46. The van der Waals surface area contributed by atoms with Crippen molar-refractivity contribution in [3.05, 3.63) is 23.8 Å². The Kier molecular flexibility index (Phi) is 4.57. The number of anilines is 1. The first-order chi connectivity index (χ1) is 9.60. The van der Waals surface area contributed by atoms with Crippen molar-refractivity contribution in [1.82, 2.24) is 5.32 Å². The lowest BCUT2D eigenvalue weighted by Gasteiger charge is -2.09. The van der Waals surface area contributed by atoms with Crippen LogP contribution >= 0.6 is 0 Å². The number of ether oxygens (including phenoxy) is 1. The molecule has 1 saturated carbocycles. The standard InChI is InChI=1S/C14H18N2O4/c1-20-12-6-10(4-5-11(12)14(18)19)16-13(17)8-15-7-9-2-3-9/h4-6,9,15H,2-3,7-8H2,1H3,(H,16,17)(H,18,19). The lowest BCUT2D eigenvalue weighted by molar-refractivity contribution is -0.115. The summed E-state index contributed by atoms with van der Waals surface area (Å²) in [6.45, 7) is 1.12. The first-order valence-electron chi connectivity index (χ1n) is 6.52. The average Bonchev–Trinajstić information content (AvgIpc) is 3.22. The highest BCUT2D eigenvalue weighted by atomic mass is 16.5. The number of carboxylic acid groups (broad SMARTS) is 1. The number of benzene rings is 1. The number of hydrogen-bond donors (Lipinski definition) is 3. The van der Waals surface area contributed by atoms with E-state index in [4.69, 9.17) is 9.84 Å². The molecular weight excluding hydrogens is 260 g/mol. The molecule has 0 aromatic heterocycles. The molecule has 0 bridgehead atoms. The predicted octanol–water partition coefficient (Wildman–Crippen LogP) is 1.33. The summed E-state index contributed by atoms with van der Waals surface area (Å²) in [5, 5.41) is 14.8. The Bertz CT molecular complexity index is 512. The highest BCUT2D eigenvalue weighted by Gasteiger charge is 2.20. The molecular formula is C14H18N2O4. The van der Waals surface area contributed by atoms with Crippen LogP contribution in [-0.4, -0.2) is 37.2 Å². The van der Waals surface area contributed by atoms with Crippen LogP contribution in [0.4, 0.5) is 5.69 Å². The maximum absolute atomic E-state index is 11.7. The van der Waals surface area contributed by atoms with Gasteiger partial charge in [-0.1, -0.05) is 0 Å². The maximum Gasteiger partial charge on any atom is 0.339 e. The summed E-state index contributed by atoms with van der Waals surface area (Å²) in [6.07, 6.45) is 2.48. The van der Waals surface area contributed by atoms with E-state index in [0.717, 1.165) is 12.5 Å². The Morgan fingerprint density at radius 1 is 1.40 bits per heavy atom. The monoisotopic (exact) mass is 278 g/mol. The first kappa shape index (κ1) is 14.3. The van der Waals surface area contributed by atoms with Gasteiger partial charge in [0.2, 0.25) is 5.91 Å². The number of carboxylic acids is 1. The van der Waals surface area contributed by atoms with Gasteiger partial charge in [0.25, 0.3) is 0 Å². The SMILES string of the molecule is COc1cc(NC(=O)CNCC2CC2)ccc1C(=O)O. The van der Waals surface area contributed by atoms with Crippen LogP contribution in [0.3, 0.4) is 0 Å². The molecule has 1 aliphatic carbocycles. The fraction of sp³-hybridized carbons (Fsp3) is 0.429. The molecule has 0 atom stereocenters. The molecule has 2 rings (SSSR count). The van der Waals surface area contributed by atoms with Crippen molar-refractivity contribution >= 4 is 17.6 Å². The Hall–Kier alpha value is -2.08. The Labute approximate surface area is 117 Å². The summed E-state index contributed by atoms with van der Waals surface area (Å²) in [5.41, 5.74) is 0.586. The Morgan fingerprint density at radius 3 is 2.75 bits per heavy atom. The molecule has 20 heavy (non-hydrogen) atoms. The second-order valence-electron chi connectivity index (χ2n) is 4.84. The number of rotatable bonds is 7. The van der Waals surface area contributed by atoms with E-state index in [9.17, 15) is 9.59 Å². The van der Waals surface area contributed by atoms with E-state index in [1.807, 2.05) is 0 Å². The first-order valence-corrected chi connectivity index (χ1v) is 6.52. The molecule has 0 saturated heterocycles. The largest absolute Gasteiger partial charge is 0.496 e. The van der Waals surface area contributed by atoms with Gasteiger partial charge in [-0.25, -0.2) is 4.79 Å². The topological polar surface area (TPSA) is 87.7 Å². The molecule has 3 N–H and O–H groups in total. The van der Waals surface area contributed by atoms with E-state index in [2.05, 4.69) is 10.6 Å². The number of aromatic carboxylic acids is 1. The van der Waals surface area contributed by atoms with E-state index in [1.54, 1.807) is 6.07 Å². The smallest absolute Gasteiger partial charge is 0.339 e. The lowest BCUT2D eigenvalue weighted by atomic mass is 10.2.